The van der Waals surface area contributed by atoms with E-state index in [1.807, 2.05) is 0 Å². The predicted molar refractivity (Wildman–Crippen MR) is 92.1 cm³/mol. The molecule has 0 spiro atoms. The van der Waals surface area contributed by atoms with Crippen molar-refractivity contribution < 1.29 is 51.6 Å². The maximum Gasteiger partial charge on any atom is 1.00 e. The van der Waals surface area contributed by atoms with Gasteiger partial charge in [0, 0.05) is 10.6 Å². The normalized spacial score (nSPS) is 10.3. The Morgan fingerprint density at radius 3 is 1.55 bits per heavy atom. The van der Waals surface area contributed by atoms with E-state index in [1.165, 1.54) is 36.4 Å². The molecular weight excluding hydrogens is 425 g/mol. The molecule has 144 valence electrons. The van der Waals surface area contributed by atoms with E-state index in [0.29, 0.717) is 0 Å². The Balaban J connectivity index is 0.00000420. The monoisotopic (exact) mass is 432 g/mol. The third-order valence-electron chi connectivity index (χ3n) is 2.93. The van der Waals surface area contributed by atoms with Gasteiger partial charge in [0.15, 0.2) is 11.5 Å². The van der Waals surface area contributed by atoms with Crippen molar-refractivity contribution >= 4 is 42.9 Å². The van der Waals surface area contributed by atoms with Gasteiger partial charge in [-0.05, 0) is 24.3 Å². The smallest absolute Gasteiger partial charge is 0.805 e. The van der Waals surface area contributed by atoms with Crippen LogP contribution in [0.5, 0.6) is 11.5 Å². The van der Waals surface area contributed by atoms with Crippen LogP contribution in [-0.2, 0) is 9.51 Å². The zero-order valence-corrected chi connectivity index (χ0v) is 16.1. The van der Waals surface area contributed by atoms with Crippen molar-refractivity contribution in [2.45, 2.75) is 0 Å². The fourth-order valence-electron chi connectivity index (χ4n) is 1.75. The molecule has 0 radical (unpaired) electrons. The van der Waals surface area contributed by atoms with Gasteiger partial charge in [-0.3, -0.25) is 9.59 Å². The molecule has 0 N–H and O–H groups in total. The molecular formula is C14H8BCl2LiN4O7. The Kier molecular flexibility index (Phi) is 10.7. The summed E-state index contributed by atoms with van der Waals surface area (Å²) in [7, 11) is -2.34. The zero-order valence-electron chi connectivity index (χ0n) is 14.6. The van der Waals surface area contributed by atoms with Crippen LogP contribution in [0.1, 0.15) is 20.7 Å². The van der Waals surface area contributed by atoms with Crippen molar-refractivity contribution in [3.05, 3.63) is 59.7 Å². The van der Waals surface area contributed by atoms with Crippen LogP contribution in [-0.4, -0.2) is 19.1 Å². The molecule has 2 rings (SSSR count). The topological polar surface area (TPSA) is 144 Å². The molecule has 2 aromatic carbocycles. The van der Waals surface area contributed by atoms with Crippen LogP contribution < -0.4 is 32.5 Å². The summed E-state index contributed by atoms with van der Waals surface area (Å²) >= 11 is 10.4. The van der Waals surface area contributed by atoms with Crippen molar-refractivity contribution in [1.29, 1.82) is 0 Å². The summed E-state index contributed by atoms with van der Waals surface area (Å²) in [4.78, 5) is 23.6. The molecule has 0 aliphatic carbocycles. The number of hydrogen-bond donors (Lipinski definition) is 0. The first-order valence-electron chi connectivity index (χ1n) is 7.20. The first-order valence-corrected chi connectivity index (χ1v) is 7.82. The summed E-state index contributed by atoms with van der Waals surface area (Å²) in [6.07, 6.45) is 0. The Morgan fingerprint density at radius 1 is 0.793 bits per heavy atom. The first kappa shape index (κ1) is 24.4. The second kappa shape index (κ2) is 12.8. The van der Waals surface area contributed by atoms with Crippen LogP contribution in [0.3, 0.4) is 0 Å². The number of rotatable bonds is 8. The van der Waals surface area contributed by atoms with Crippen LogP contribution in [0.4, 0.5) is 0 Å². The van der Waals surface area contributed by atoms with Gasteiger partial charge in [0.25, 0.3) is 0 Å². The quantitative estimate of drug-likeness (QED) is 0.320. The Hall–Kier alpha value is -2.62. The standard InChI is InChI=1S/C14H8BCl2N4O7.Li/c16-25-11-7-3-1-5-9(11)13(22)18-20-27-15(24)28-21-19-14(23)10-6-2-4-8-12(10)26-17;/h1-8H;/q-1;+1. The van der Waals surface area contributed by atoms with Gasteiger partial charge in [0.05, 0.1) is 11.1 Å². The largest absolute Gasteiger partial charge is 1.00 e. The van der Waals surface area contributed by atoms with E-state index in [0.717, 1.165) is 0 Å². The van der Waals surface area contributed by atoms with E-state index < -0.39 is 19.1 Å². The van der Waals surface area contributed by atoms with Gasteiger partial charge in [-0.25, -0.2) is 0 Å². The number of halogens is 2. The van der Waals surface area contributed by atoms with E-state index in [1.54, 1.807) is 12.1 Å². The Morgan fingerprint density at radius 2 is 1.17 bits per heavy atom. The number of nitrogens with zero attached hydrogens (tertiary/aromatic N) is 4. The van der Waals surface area contributed by atoms with Crippen LogP contribution in [0.2, 0.25) is 0 Å². The predicted octanol–water partition coefficient (Wildman–Crippen LogP) is -0.151. The molecule has 0 aliphatic heterocycles. The molecule has 0 bridgehead atoms. The van der Waals surface area contributed by atoms with E-state index in [4.69, 9.17) is 23.7 Å². The van der Waals surface area contributed by atoms with Gasteiger partial charge in [-0.15, -0.1) is 0 Å². The van der Waals surface area contributed by atoms with Crippen LogP contribution in [0, 0.1) is 0 Å². The van der Waals surface area contributed by atoms with Gasteiger partial charge in [-0.1, -0.05) is 34.5 Å². The summed E-state index contributed by atoms with van der Waals surface area (Å²) in [5, 5.41) is 23.4. The molecule has 0 heterocycles. The van der Waals surface area contributed by atoms with Crippen LogP contribution in [0.25, 0.3) is 0 Å². The molecule has 29 heavy (non-hydrogen) atoms. The van der Waals surface area contributed by atoms with Gasteiger partial charge < -0.3 is 23.1 Å². The number of carbonyl (C=O) groups is 2. The average Bonchev–Trinajstić information content (AvgIpc) is 2.73. The summed E-state index contributed by atoms with van der Waals surface area (Å²) < 4.78 is 17.4. The molecule has 0 aromatic heterocycles. The van der Waals surface area contributed by atoms with Gasteiger partial charge in [0.1, 0.15) is 23.7 Å². The summed E-state index contributed by atoms with van der Waals surface area (Å²) in [5.74, 6) is -1.70. The fourth-order valence-corrected chi connectivity index (χ4v) is 2.02. The molecule has 0 atom stereocenters. The third-order valence-corrected chi connectivity index (χ3v) is 3.26. The van der Waals surface area contributed by atoms with E-state index >= 15 is 0 Å². The second-order valence-electron chi connectivity index (χ2n) is 4.62. The average molecular weight is 433 g/mol. The minimum absolute atomic E-state index is 0. The van der Waals surface area contributed by atoms with Crippen molar-refractivity contribution in [1.82, 2.24) is 0 Å². The fraction of sp³-hybridized carbons (Fsp3) is 0. The van der Waals surface area contributed by atoms with E-state index in [2.05, 4.69) is 38.9 Å². The molecule has 0 saturated heterocycles. The van der Waals surface area contributed by atoms with Crippen molar-refractivity contribution in [2.75, 3.05) is 0 Å². The molecule has 2 amide bonds. The number of para-hydroxylation sites is 2. The third kappa shape index (κ3) is 7.37. The van der Waals surface area contributed by atoms with E-state index in [-0.39, 0.29) is 41.5 Å². The van der Waals surface area contributed by atoms with Crippen molar-refractivity contribution in [3.63, 3.8) is 0 Å². The van der Waals surface area contributed by atoms with Gasteiger partial charge in [0.2, 0.25) is 0 Å². The summed E-state index contributed by atoms with van der Waals surface area (Å²) in [5.41, 5.74) is -0.0302. The number of amides is 2. The first-order chi connectivity index (χ1) is 13.6. The molecule has 2 aromatic rings. The molecule has 0 unspecified atom stereocenters. The minimum Gasteiger partial charge on any atom is -0.805 e. The molecule has 0 saturated carbocycles. The van der Waals surface area contributed by atoms with Crippen LogP contribution in [0.15, 0.2) is 69.3 Å². The van der Waals surface area contributed by atoms with E-state index in [9.17, 15) is 14.6 Å². The van der Waals surface area contributed by atoms with Crippen LogP contribution >= 0.6 is 23.7 Å². The zero-order chi connectivity index (χ0) is 20.4. The Labute approximate surface area is 186 Å². The molecule has 11 nitrogen and oxygen atoms in total. The SMILES string of the molecule is O=C(N=NOB([O-])ON=NC(=O)c1ccccc1OCl)c1ccccc1OCl.[Li+]. The maximum atomic E-state index is 11.8. The molecule has 0 aliphatic rings. The van der Waals surface area contributed by atoms with Gasteiger partial charge >= 0.3 is 38.0 Å². The summed E-state index contributed by atoms with van der Waals surface area (Å²) in [6.45, 7) is 0. The van der Waals surface area contributed by atoms with Crippen molar-refractivity contribution in [3.8, 4) is 11.5 Å². The molecule has 15 heteroatoms. The maximum absolute atomic E-state index is 11.8. The molecule has 0 fully saturated rings. The number of benzene rings is 2. The minimum atomic E-state index is -2.34. The summed E-state index contributed by atoms with van der Waals surface area (Å²) in [6, 6.07) is 11.8. The number of hydrogen-bond acceptors (Lipinski definition) is 9. The second-order valence-corrected chi connectivity index (χ2v) is 4.93. The number of carbonyl (C=O) groups excluding carboxylic acids is 2. The Bertz CT molecular complexity index is 834. The van der Waals surface area contributed by atoms with Crippen molar-refractivity contribution in [2.24, 2.45) is 20.8 Å². The van der Waals surface area contributed by atoms with Gasteiger partial charge in [-0.2, -0.15) is 0 Å².